The summed E-state index contributed by atoms with van der Waals surface area (Å²) in [4.78, 5) is 12.3. The van der Waals surface area contributed by atoms with Crippen LogP contribution in [-0.4, -0.2) is 21.4 Å². The van der Waals surface area contributed by atoms with Gasteiger partial charge in [-0.2, -0.15) is 10.2 Å². The van der Waals surface area contributed by atoms with Crippen molar-refractivity contribution in [3.8, 4) is 11.3 Å². The molecule has 3 aromatic rings. The Morgan fingerprint density at radius 3 is 2.50 bits per heavy atom. The van der Waals surface area contributed by atoms with Crippen LogP contribution in [0.5, 0.6) is 0 Å². The number of hydrogen-bond donors (Lipinski definition) is 1. The van der Waals surface area contributed by atoms with Crippen LogP contribution in [0.1, 0.15) is 16.1 Å². The number of aromatic nitrogens is 2. The molecule has 0 spiro atoms. The Morgan fingerprint density at radius 2 is 1.75 bits per heavy atom. The topological polar surface area (TPSA) is 59.3 Å². The molecule has 1 aliphatic heterocycles. The first-order valence-corrected chi connectivity index (χ1v) is 7.84. The van der Waals surface area contributed by atoms with Gasteiger partial charge in [0.2, 0.25) is 0 Å². The quantitative estimate of drug-likeness (QED) is 0.780. The molecule has 5 nitrogen and oxygen atoms in total. The van der Waals surface area contributed by atoms with E-state index >= 15 is 0 Å². The third-order valence-electron chi connectivity index (χ3n) is 3.85. The second-order valence-electron chi connectivity index (χ2n) is 5.44. The van der Waals surface area contributed by atoms with Gasteiger partial charge in [0.25, 0.3) is 5.91 Å². The molecule has 4 rings (SSSR count). The predicted octanol–water partition coefficient (Wildman–Crippen LogP) is 3.35. The summed E-state index contributed by atoms with van der Waals surface area (Å²) in [6.07, 6.45) is 0. The molecule has 0 saturated heterocycles. The largest absolute Gasteiger partial charge is 0.289 e. The van der Waals surface area contributed by atoms with Crippen LogP contribution < -0.4 is 5.43 Å². The number of carbonyl (C=O) groups excluding carboxylic acids is 1. The van der Waals surface area contributed by atoms with Crippen molar-refractivity contribution in [2.24, 2.45) is 5.10 Å². The maximum absolute atomic E-state index is 12.3. The normalized spacial score (nSPS) is 13.7. The number of amides is 1. The van der Waals surface area contributed by atoms with Crippen molar-refractivity contribution >= 4 is 23.2 Å². The van der Waals surface area contributed by atoms with Crippen molar-refractivity contribution < 1.29 is 4.79 Å². The smallest absolute Gasteiger partial charge is 0.266 e. The van der Waals surface area contributed by atoms with Crippen molar-refractivity contribution in [1.82, 2.24) is 15.2 Å². The number of fused-ring (bicyclic) bond motifs is 1. The molecule has 0 radical (unpaired) electrons. The number of carbonyl (C=O) groups is 1. The van der Waals surface area contributed by atoms with Crippen LogP contribution >= 0.6 is 11.6 Å². The van der Waals surface area contributed by atoms with E-state index in [1.165, 1.54) is 0 Å². The zero-order valence-electron chi connectivity index (χ0n) is 12.6. The van der Waals surface area contributed by atoms with E-state index in [-0.39, 0.29) is 5.91 Å². The van der Waals surface area contributed by atoms with Crippen molar-refractivity contribution in [2.75, 3.05) is 0 Å². The van der Waals surface area contributed by atoms with Gasteiger partial charge in [-0.3, -0.25) is 9.48 Å². The molecule has 2 heterocycles. The number of halogens is 1. The number of nitrogens with zero attached hydrogens (tertiary/aromatic N) is 3. The fraction of sp³-hybridized carbons (Fsp3) is 0.0556. The van der Waals surface area contributed by atoms with E-state index in [0.717, 1.165) is 22.5 Å². The summed E-state index contributed by atoms with van der Waals surface area (Å²) in [6.45, 7) is 0.405. The minimum Gasteiger partial charge on any atom is -0.266 e. The number of rotatable bonds is 2. The Morgan fingerprint density at radius 1 is 1.00 bits per heavy atom. The zero-order chi connectivity index (χ0) is 16.5. The van der Waals surface area contributed by atoms with Crippen molar-refractivity contribution in [2.45, 2.75) is 6.54 Å². The standard InChI is InChI=1S/C18H13ClN4O/c19-14-8-6-13(7-9-14)16-11-23-17(18(24)21-20-16)10-15(22-23)12-4-2-1-3-5-12/h1-10H,11H2,(H,21,24). The monoisotopic (exact) mass is 336 g/mol. The number of hydrazone groups is 1. The minimum absolute atomic E-state index is 0.270. The van der Waals surface area contributed by atoms with Crippen LogP contribution in [0.3, 0.4) is 0 Å². The summed E-state index contributed by atoms with van der Waals surface area (Å²) in [6, 6.07) is 18.9. The molecule has 0 unspecified atom stereocenters. The molecule has 0 fully saturated rings. The van der Waals surface area contributed by atoms with Gasteiger partial charge in [-0.05, 0) is 23.8 Å². The van der Waals surface area contributed by atoms with Gasteiger partial charge in [-0.1, -0.05) is 54.1 Å². The lowest BCUT2D eigenvalue weighted by atomic mass is 10.1. The van der Waals surface area contributed by atoms with E-state index in [2.05, 4.69) is 15.6 Å². The SMILES string of the molecule is O=C1NN=C(c2ccc(Cl)cc2)Cn2nc(-c3ccccc3)cc21. The van der Waals surface area contributed by atoms with Gasteiger partial charge in [-0.15, -0.1) is 0 Å². The molecule has 2 aromatic carbocycles. The van der Waals surface area contributed by atoms with Gasteiger partial charge in [0, 0.05) is 10.6 Å². The van der Waals surface area contributed by atoms with Crippen molar-refractivity contribution in [1.29, 1.82) is 0 Å². The number of benzene rings is 2. The van der Waals surface area contributed by atoms with Crippen molar-refractivity contribution in [3.63, 3.8) is 0 Å². The highest BCUT2D eigenvalue weighted by molar-refractivity contribution is 6.30. The molecule has 1 amide bonds. The summed E-state index contributed by atoms with van der Waals surface area (Å²) < 4.78 is 1.68. The first-order valence-electron chi connectivity index (χ1n) is 7.47. The van der Waals surface area contributed by atoms with Gasteiger partial charge in [-0.25, -0.2) is 5.43 Å². The van der Waals surface area contributed by atoms with Crippen molar-refractivity contribution in [3.05, 3.63) is 76.9 Å². The van der Waals surface area contributed by atoms with Gasteiger partial charge >= 0.3 is 0 Å². The van der Waals surface area contributed by atoms with Crippen LogP contribution in [0.25, 0.3) is 11.3 Å². The van der Waals surface area contributed by atoms with E-state index in [1.54, 1.807) is 22.9 Å². The third kappa shape index (κ3) is 2.70. The summed E-state index contributed by atoms with van der Waals surface area (Å²) in [5.41, 5.74) is 6.42. The lowest BCUT2D eigenvalue weighted by Gasteiger charge is -2.05. The second kappa shape index (κ2) is 5.94. The maximum Gasteiger partial charge on any atom is 0.289 e. The molecule has 0 aliphatic carbocycles. The average molecular weight is 337 g/mol. The summed E-state index contributed by atoms with van der Waals surface area (Å²) >= 11 is 5.93. The Hall–Kier alpha value is -2.92. The summed E-state index contributed by atoms with van der Waals surface area (Å²) in [5, 5.41) is 9.44. The molecule has 6 heteroatoms. The molecule has 1 N–H and O–H groups in total. The van der Waals surface area contributed by atoms with Gasteiger partial charge in [0.15, 0.2) is 0 Å². The molecule has 118 valence electrons. The fourth-order valence-electron chi connectivity index (χ4n) is 2.62. The van der Waals surface area contributed by atoms with Gasteiger partial charge in [0.05, 0.1) is 18.0 Å². The average Bonchev–Trinajstić information content (AvgIpc) is 2.97. The maximum atomic E-state index is 12.3. The molecule has 0 bridgehead atoms. The molecule has 1 aliphatic rings. The third-order valence-corrected chi connectivity index (χ3v) is 4.10. The Balaban J connectivity index is 1.73. The molecule has 24 heavy (non-hydrogen) atoms. The molecule has 1 aromatic heterocycles. The number of nitrogens with one attached hydrogen (secondary N) is 1. The van der Waals surface area contributed by atoms with E-state index in [0.29, 0.717) is 17.3 Å². The molecular formula is C18H13ClN4O. The Labute approximate surface area is 143 Å². The van der Waals surface area contributed by atoms with Crippen LogP contribution in [0.15, 0.2) is 65.8 Å². The predicted molar refractivity (Wildman–Crippen MR) is 93.1 cm³/mol. The number of hydrogen-bond acceptors (Lipinski definition) is 3. The fourth-order valence-corrected chi connectivity index (χ4v) is 2.75. The summed E-state index contributed by atoms with van der Waals surface area (Å²) in [5.74, 6) is -0.270. The highest BCUT2D eigenvalue weighted by Gasteiger charge is 2.21. The highest BCUT2D eigenvalue weighted by Crippen LogP contribution is 2.20. The van der Waals surface area contributed by atoms with E-state index in [4.69, 9.17) is 11.6 Å². The van der Waals surface area contributed by atoms with Crippen LogP contribution in [0.2, 0.25) is 5.02 Å². The molecular weight excluding hydrogens is 324 g/mol. The van der Waals surface area contributed by atoms with Gasteiger partial charge in [0.1, 0.15) is 5.69 Å². The van der Waals surface area contributed by atoms with Crippen LogP contribution in [0.4, 0.5) is 0 Å². The first kappa shape index (κ1) is 14.7. The zero-order valence-corrected chi connectivity index (χ0v) is 13.4. The molecule has 0 atom stereocenters. The van der Waals surface area contributed by atoms with E-state index in [9.17, 15) is 4.79 Å². The van der Waals surface area contributed by atoms with Crippen LogP contribution in [0, 0.1) is 0 Å². The highest BCUT2D eigenvalue weighted by atomic mass is 35.5. The van der Waals surface area contributed by atoms with E-state index < -0.39 is 0 Å². The Bertz CT molecular complexity index is 929. The molecule has 0 saturated carbocycles. The minimum atomic E-state index is -0.270. The summed E-state index contributed by atoms with van der Waals surface area (Å²) in [7, 11) is 0. The Kier molecular flexibility index (Phi) is 3.63. The lowest BCUT2D eigenvalue weighted by Crippen LogP contribution is -2.18. The second-order valence-corrected chi connectivity index (χ2v) is 5.88. The first-order chi connectivity index (χ1) is 11.7. The van der Waals surface area contributed by atoms with Crippen LogP contribution in [-0.2, 0) is 6.54 Å². The lowest BCUT2D eigenvalue weighted by molar-refractivity contribution is 0.0947. The van der Waals surface area contributed by atoms with Gasteiger partial charge < -0.3 is 0 Å². The van der Waals surface area contributed by atoms with E-state index in [1.807, 2.05) is 42.5 Å².